The van der Waals surface area contributed by atoms with E-state index in [-0.39, 0.29) is 0 Å². The van der Waals surface area contributed by atoms with Gasteiger partial charge in [0.1, 0.15) is 6.54 Å². The average molecular weight is 271 g/mol. The summed E-state index contributed by atoms with van der Waals surface area (Å²) in [5.74, 6) is -3.90. The minimum Gasteiger partial charge on any atom is -0.395 e. The van der Waals surface area contributed by atoms with Crippen LogP contribution in [-0.2, 0) is 0 Å². The van der Waals surface area contributed by atoms with Crippen molar-refractivity contribution in [1.29, 1.82) is 0 Å². The second-order valence-corrected chi connectivity index (χ2v) is 3.42. The van der Waals surface area contributed by atoms with Gasteiger partial charge >= 0.3 is 6.18 Å². The lowest BCUT2D eigenvalue weighted by molar-refractivity contribution is -0.120. The molecular formula is C9H10F5N3O. The largest absolute Gasteiger partial charge is 0.405 e. The van der Waals surface area contributed by atoms with Gasteiger partial charge in [-0.1, -0.05) is 0 Å². The molecule has 0 unspecified atom stereocenters. The third-order valence-electron chi connectivity index (χ3n) is 1.98. The molecule has 0 atom stereocenters. The molecule has 0 aliphatic heterocycles. The van der Waals surface area contributed by atoms with E-state index in [9.17, 15) is 22.0 Å². The maximum atomic E-state index is 13.3. The molecule has 18 heavy (non-hydrogen) atoms. The van der Waals surface area contributed by atoms with Crippen LogP contribution in [-0.4, -0.2) is 36.0 Å². The number of alkyl halides is 3. The van der Waals surface area contributed by atoms with Gasteiger partial charge in [-0.3, -0.25) is 0 Å². The van der Waals surface area contributed by atoms with Gasteiger partial charge in [0.25, 0.3) is 0 Å². The van der Waals surface area contributed by atoms with Gasteiger partial charge in [0.05, 0.1) is 6.61 Å². The van der Waals surface area contributed by atoms with Crippen molar-refractivity contribution in [1.82, 2.24) is 4.98 Å². The van der Waals surface area contributed by atoms with Crippen molar-refractivity contribution in [3.8, 4) is 0 Å². The number of aliphatic hydroxyl groups is 1. The second kappa shape index (κ2) is 5.34. The summed E-state index contributed by atoms with van der Waals surface area (Å²) in [6.45, 7) is -2.68. The van der Waals surface area contributed by atoms with E-state index in [1.807, 2.05) is 0 Å². The van der Waals surface area contributed by atoms with Crippen molar-refractivity contribution < 1.29 is 27.1 Å². The summed E-state index contributed by atoms with van der Waals surface area (Å²) in [6, 6.07) is 0.346. The fraction of sp³-hybridized carbons (Fsp3) is 0.444. The van der Waals surface area contributed by atoms with Gasteiger partial charge in [-0.15, -0.1) is 0 Å². The normalized spacial score (nSPS) is 11.7. The van der Waals surface area contributed by atoms with E-state index in [1.54, 1.807) is 0 Å². The van der Waals surface area contributed by atoms with Gasteiger partial charge in [0.2, 0.25) is 0 Å². The summed E-state index contributed by atoms with van der Waals surface area (Å²) in [4.78, 5) is 3.65. The number of hydrogen-bond donors (Lipinski definition) is 2. The standard InChI is InChI=1S/C9H10F5N3O/c10-5-3-6(11)8(16-7(5)15)17(1-2-18)4-9(12,13)14/h3,18H,1-2,4H2,(H2,15,16). The Morgan fingerprint density at radius 2 is 1.89 bits per heavy atom. The first-order valence-corrected chi connectivity index (χ1v) is 4.78. The van der Waals surface area contributed by atoms with Gasteiger partial charge < -0.3 is 15.7 Å². The molecule has 0 aromatic carbocycles. The molecule has 0 saturated carbocycles. The van der Waals surface area contributed by atoms with Crippen molar-refractivity contribution in [3.63, 3.8) is 0 Å². The van der Waals surface area contributed by atoms with E-state index >= 15 is 0 Å². The molecule has 0 aliphatic carbocycles. The lowest BCUT2D eigenvalue weighted by Crippen LogP contribution is -2.37. The first-order chi connectivity index (χ1) is 8.24. The molecule has 0 amide bonds. The van der Waals surface area contributed by atoms with Crippen LogP contribution in [0.5, 0.6) is 0 Å². The molecule has 0 fully saturated rings. The van der Waals surface area contributed by atoms with Crippen molar-refractivity contribution in [2.24, 2.45) is 0 Å². The predicted molar refractivity (Wildman–Crippen MR) is 53.9 cm³/mol. The van der Waals surface area contributed by atoms with E-state index in [0.717, 1.165) is 0 Å². The Bertz CT molecular complexity index is 423. The van der Waals surface area contributed by atoms with Gasteiger partial charge in [-0.2, -0.15) is 13.2 Å². The molecule has 102 valence electrons. The lowest BCUT2D eigenvalue weighted by Gasteiger charge is -2.24. The van der Waals surface area contributed by atoms with Crippen LogP contribution in [0, 0.1) is 11.6 Å². The van der Waals surface area contributed by atoms with Crippen LogP contribution in [0.15, 0.2) is 6.07 Å². The zero-order chi connectivity index (χ0) is 13.9. The van der Waals surface area contributed by atoms with Crippen LogP contribution in [0.1, 0.15) is 0 Å². The van der Waals surface area contributed by atoms with Crippen LogP contribution in [0.2, 0.25) is 0 Å². The molecule has 9 heteroatoms. The van der Waals surface area contributed by atoms with Crippen molar-refractivity contribution in [2.75, 3.05) is 30.3 Å². The molecule has 3 N–H and O–H groups in total. The van der Waals surface area contributed by atoms with Crippen LogP contribution in [0.3, 0.4) is 0 Å². The highest BCUT2D eigenvalue weighted by Gasteiger charge is 2.32. The molecule has 0 bridgehead atoms. The topological polar surface area (TPSA) is 62.4 Å². The van der Waals surface area contributed by atoms with Crippen LogP contribution in [0.4, 0.5) is 33.6 Å². The fourth-order valence-corrected chi connectivity index (χ4v) is 1.29. The number of anilines is 2. The molecule has 4 nitrogen and oxygen atoms in total. The smallest absolute Gasteiger partial charge is 0.395 e. The quantitative estimate of drug-likeness (QED) is 0.810. The highest BCUT2D eigenvalue weighted by atomic mass is 19.4. The predicted octanol–water partition coefficient (Wildman–Crippen LogP) is 1.30. The number of aliphatic hydroxyl groups excluding tert-OH is 1. The van der Waals surface area contributed by atoms with Gasteiger partial charge in [0, 0.05) is 12.6 Å². The van der Waals surface area contributed by atoms with Gasteiger partial charge in [-0.05, 0) is 0 Å². The Morgan fingerprint density at radius 1 is 1.28 bits per heavy atom. The number of nitrogens with zero attached hydrogens (tertiary/aromatic N) is 2. The number of nitrogens with two attached hydrogens (primary N) is 1. The van der Waals surface area contributed by atoms with Gasteiger partial charge in [0.15, 0.2) is 23.3 Å². The summed E-state index contributed by atoms with van der Waals surface area (Å²) < 4.78 is 62.9. The number of pyridine rings is 1. The van der Waals surface area contributed by atoms with Gasteiger partial charge in [-0.25, -0.2) is 13.8 Å². The van der Waals surface area contributed by atoms with Crippen LogP contribution in [0.25, 0.3) is 0 Å². The van der Waals surface area contributed by atoms with Crippen molar-refractivity contribution in [3.05, 3.63) is 17.7 Å². The Morgan fingerprint density at radius 3 is 2.39 bits per heavy atom. The summed E-state index contributed by atoms with van der Waals surface area (Å²) in [5.41, 5.74) is 5.06. The second-order valence-electron chi connectivity index (χ2n) is 3.42. The highest BCUT2D eigenvalue weighted by molar-refractivity contribution is 5.47. The third-order valence-corrected chi connectivity index (χ3v) is 1.98. The van der Waals surface area contributed by atoms with E-state index < -0.39 is 49.1 Å². The zero-order valence-electron chi connectivity index (χ0n) is 9.01. The van der Waals surface area contributed by atoms with Crippen LogP contribution < -0.4 is 10.6 Å². The van der Waals surface area contributed by atoms with Crippen molar-refractivity contribution in [2.45, 2.75) is 6.18 Å². The monoisotopic (exact) mass is 271 g/mol. The Hall–Kier alpha value is -1.64. The average Bonchev–Trinajstić information content (AvgIpc) is 2.21. The SMILES string of the molecule is Nc1nc(N(CCO)CC(F)(F)F)c(F)cc1F. The van der Waals surface area contributed by atoms with Crippen molar-refractivity contribution >= 4 is 11.6 Å². The zero-order valence-corrected chi connectivity index (χ0v) is 9.01. The minimum atomic E-state index is -4.62. The number of aromatic nitrogens is 1. The lowest BCUT2D eigenvalue weighted by atomic mass is 10.3. The molecule has 0 radical (unpaired) electrons. The van der Waals surface area contributed by atoms with Crippen LogP contribution >= 0.6 is 0 Å². The molecule has 1 heterocycles. The molecular weight excluding hydrogens is 261 g/mol. The number of halogens is 5. The highest BCUT2D eigenvalue weighted by Crippen LogP contribution is 2.24. The molecule has 0 spiro atoms. The Labute approximate surface area is 98.8 Å². The van der Waals surface area contributed by atoms with E-state index in [1.165, 1.54) is 0 Å². The maximum absolute atomic E-state index is 13.3. The molecule has 0 aliphatic rings. The van der Waals surface area contributed by atoms with E-state index in [0.29, 0.717) is 11.0 Å². The maximum Gasteiger partial charge on any atom is 0.405 e. The molecule has 1 rings (SSSR count). The number of nitrogen functional groups attached to an aromatic ring is 1. The summed E-state index contributed by atoms with van der Waals surface area (Å²) in [6.07, 6.45) is -4.62. The Kier molecular flexibility index (Phi) is 4.28. The fourth-order valence-electron chi connectivity index (χ4n) is 1.29. The molecule has 0 saturated heterocycles. The summed E-state index contributed by atoms with van der Waals surface area (Å²) in [5, 5.41) is 8.65. The molecule has 1 aromatic heterocycles. The number of hydrogen-bond acceptors (Lipinski definition) is 4. The minimum absolute atomic E-state index is 0.346. The summed E-state index contributed by atoms with van der Waals surface area (Å²) >= 11 is 0. The Balaban J connectivity index is 3.09. The van der Waals surface area contributed by atoms with E-state index in [2.05, 4.69) is 4.98 Å². The van der Waals surface area contributed by atoms with E-state index in [4.69, 9.17) is 10.8 Å². The number of rotatable bonds is 4. The first kappa shape index (κ1) is 14.4. The summed E-state index contributed by atoms with van der Waals surface area (Å²) in [7, 11) is 0. The molecule has 1 aromatic rings. The first-order valence-electron chi connectivity index (χ1n) is 4.78. The third kappa shape index (κ3) is 3.69.